The summed E-state index contributed by atoms with van der Waals surface area (Å²) in [4.78, 5) is 26.0. The molecule has 0 fully saturated rings. The minimum Gasteiger partial charge on any atom is -0.324 e. The Morgan fingerprint density at radius 2 is 1.54 bits per heavy atom. The van der Waals surface area contributed by atoms with Gasteiger partial charge >= 0.3 is 0 Å². The van der Waals surface area contributed by atoms with Crippen LogP contribution in [0.4, 0.5) is 11.4 Å². The van der Waals surface area contributed by atoms with Gasteiger partial charge in [-0.3, -0.25) is 13.9 Å². The van der Waals surface area contributed by atoms with Crippen molar-refractivity contribution in [1.29, 1.82) is 0 Å². The molecule has 6 nitrogen and oxygen atoms in total. The molecule has 0 heterocycles. The van der Waals surface area contributed by atoms with Gasteiger partial charge in [0.2, 0.25) is 15.9 Å². The summed E-state index contributed by atoms with van der Waals surface area (Å²) < 4.78 is 26.0. The molecule has 1 amide bonds. The number of rotatable bonds is 7. The van der Waals surface area contributed by atoms with E-state index in [4.69, 9.17) is 11.6 Å². The lowest BCUT2D eigenvalue weighted by Gasteiger charge is -2.28. The van der Waals surface area contributed by atoms with Gasteiger partial charge in [-0.15, -0.1) is 0 Å². The van der Waals surface area contributed by atoms with Crippen molar-refractivity contribution in [2.45, 2.75) is 39.2 Å². The summed E-state index contributed by atoms with van der Waals surface area (Å²) >= 11 is 6.03. The van der Waals surface area contributed by atoms with Gasteiger partial charge in [-0.1, -0.05) is 74.8 Å². The smallest absolute Gasteiger partial charge is 0.247 e. The van der Waals surface area contributed by atoms with Crippen molar-refractivity contribution in [3.63, 3.8) is 0 Å². The summed E-state index contributed by atoms with van der Waals surface area (Å²) in [5.74, 6) is -0.721. The van der Waals surface area contributed by atoms with E-state index in [-0.39, 0.29) is 16.9 Å². The minimum absolute atomic E-state index is 0.0204. The summed E-state index contributed by atoms with van der Waals surface area (Å²) in [7, 11) is -3.78. The lowest BCUT2D eigenvalue weighted by Crippen LogP contribution is -2.45. The molecule has 8 heteroatoms. The molecule has 3 rings (SSSR count). The van der Waals surface area contributed by atoms with Crippen molar-refractivity contribution < 1.29 is 18.0 Å². The minimum atomic E-state index is -3.78. The van der Waals surface area contributed by atoms with Crippen LogP contribution in [0.1, 0.15) is 49.2 Å². The fourth-order valence-electron chi connectivity index (χ4n) is 3.70. The van der Waals surface area contributed by atoms with E-state index in [9.17, 15) is 18.0 Å². The largest absolute Gasteiger partial charge is 0.324 e. The molecule has 0 aliphatic rings. The van der Waals surface area contributed by atoms with Crippen LogP contribution in [0.15, 0.2) is 72.8 Å². The summed E-state index contributed by atoms with van der Waals surface area (Å²) in [6.45, 7) is 7.81. The lowest BCUT2D eigenvalue weighted by molar-refractivity contribution is -0.116. The molecular weight excluding hydrogens is 484 g/mol. The van der Waals surface area contributed by atoms with Gasteiger partial charge in [0.1, 0.15) is 6.04 Å². The van der Waals surface area contributed by atoms with Crippen molar-refractivity contribution in [3.8, 4) is 0 Å². The molecule has 1 atom stereocenters. The Morgan fingerprint density at radius 3 is 2.11 bits per heavy atom. The zero-order chi connectivity index (χ0) is 26.0. The first-order chi connectivity index (χ1) is 16.3. The van der Waals surface area contributed by atoms with Crippen molar-refractivity contribution in [3.05, 3.63) is 94.5 Å². The standard InChI is InChI=1S/C27H29ClN2O4S/c1-18(30(35(5,33)34)24-11-7-9-22(28)17-24)26(32)29-23-10-6-8-20(16-23)25(31)19-12-14-21(15-13-19)27(2,3)4/h6-18H,1-5H3,(H,29,32)/t18-/m1/s1. The second-order valence-corrected chi connectivity index (χ2v) is 11.7. The summed E-state index contributed by atoms with van der Waals surface area (Å²) in [6, 6.07) is 19.3. The van der Waals surface area contributed by atoms with E-state index in [1.54, 1.807) is 54.6 Å². The molecule has 35 heavy (non-hydrogen) atoms. The fraction of sp³-hybridized carbons (Fsp3) is 0.259. The Kier molecular flexibility index (Phi) is 7.72. The number of sulfonamides is 1. The van der Waals surface area contributed by atoms with Crippen molar-refractivity contribution in [2.75, 3.05) is 15.9 Å². The van der Waals surface area contributed by atoms with Crippen LogP contribution in [0, 0.1) is 0 Å². The topological polar surface area (TPSA) is 83.6 Å². The number of ketones is 1. The van der Waals surface area contributed by atoms with E-state index in [1.807, 2.05) is 12.1 Å². The molecule has 0 bridgehead atoms. The highest BCUT2D eigenvalue weighted by Gasteiger charge is 2.29. The van der Waals surface area contributed by atoms with Crippen LogP contribution in [0.3, 0.4) is 0 Å². The predicted octanol–water partition coefficient (Wildman–Crippen LogP) is 5.66. The van der Waals surface area contributed by atoms with Crippen LogP contribution < -0.4 is 9.62 Å². The van der Waals surface area contributed by atoms with Crippen LogP contribution in [0.25, 0.3) is 0 Å². The van der Waals surface area contributed by atoms with Gasteiger partial charge in [0.05, 0.1) is 11.9 Å². The Morgan fingerprint density at radius 1 is 0.914 bits per heavy atom. The summed E-state index contributed by atoms with van der Waals surface area (Å²) in [6.07, 6.45) is 1.03. The second kappa shape index (κ2) is 10.2. The molecule has 0 saturated carbocycles. The van der Waals surface area contributed by atoms with Gasteiger partial charge in [-0.05, 0) is 48.2 Å². The SMILES string of the molecule is C[C@H](C(=O)Nc1cccc(C(=O)c2ccc(C(C)(C)C)cc2)c1)N(c1cccc(Cl)c1)S(C)(=O)=O. The van der Waals surface area contributed by atoms with Gasteiger partial charge in [-0.25, -0.2) is 8.42 Å². The van der Waals surface area contributed by atoms with Crippen LogP contribution in [-0.2, 0) is 20.2 Å². The van der Waals surface area contributed by atoms with Crippen LogP contribution >= 0.6 is 11.6 Å². The van der Waals surface area contributed by atoms with E-state index in [0.717, 1.165) is 16.1 Å². The van der Waals surface area contributed by atoms with Crippen molar-refractivity contribution in [1.82, 2.24) is 0 Å². The molecule has 0 radical (unpaired) electrons. The number of carbonyl (C=O) groups excluding carboxylic acids is 2. The van der Waals surface area contributed by atoms with Gasteiger partial charge in [0.25, 0.3) is 0 Å². The quantitative estimate of drug-likeness (QED) is 0.414. The first-order valence-electron chi connectivity index (χ1n) is 11.1. The summed E-state index contributed by atoms with van der Waals surface area (Å²) in [5, 5.41) is 3.08. The number of nitrogens with one attached hydrogen (secondary N) is 1. The molecule has 0 spiro atoms. The maximum absolute atomic E-state index is 13.0. The Labute approximate surface area is 212 Å². The Balaban J connectivity index is 1.82. The monoisotopic (exact) mass is 512 g/mol. The molecule has 3 aromatic carbocycles. The van der Waals surface area contributed by atoms with E-state index >= 15 is 0 Å². The molecule has 0 aliphatic carbocycles. The maximum atomic E-state index is 13.0. The number of hydrogen-bond donors (Lipinski definition) is 1. The maximum Gasteiger partial charge on any atom is 0.247 e. The second-order valence-electron chi connectivity index (χ2n) is 9.44. The van der Waals surface area contributed by atoms with E-state index in [2.05, 4.69) is 26.1 Å². The average Bonchev–Trinajstić information content (AvgIpc) is 2.77. The number of carbonyl (C=O) groups is 2. The van der Waals surface area contributed by atoms with E-state index in [1.165, 1.54) is 13.0 Å². The van der Waals surface area contributed by atoms with Crippen LogP contribution in [0.5, 0.6) is 0 Å². The summed E-state index contributed by atoms with van der Waals surface area (Å²) in [5.41, 5.74) is 2.73. The number of nitrogens with zero attached hydrogens (tertiary/aromatic N) is 1. The Hall–Kier alpha value is -3.16. The van der Waals surface area contributed by atoms with Crippen LogP contribution in [0.2, 0.25) is 5.02 Å². The highest BCUT2D eigenvalue weighted by Crippen LogP contribution is 2.26. The third-order valence-corrected chi connectivity index (χ3v) is 7.03. The molecule has 0 unspecified atom stereocenters. The molecule has 3 aromatic rings. The predicted molar refractivity (Wildman–Crippen MR) is 142 cm³/mol. The first-order valence-corrected chi connectivity index (χ1v) is 13.3. The van der Waals surface area contributed by atoms with Gasteiger partial charge in [-0.2, -0.15) is 0 Å². The third kappa shape index (κ3) is 6.50. The third-order valence-electron chi connectivity index (χ3n) is 5.56. The Bertz CT molecular complexity index is 1350. The molecule has 184 valence electrons. The number of amides is 1. The zero-order valence-corrected chi connectivity index (χ0v) is 21.9. The number of benzene rings is 3. The van der Waals surface area contributed by atoms with Crippen LogP contribution in [-0.4, -0.2) is 32.4 Å². The molecular formula is C27H29ClN2O4S. The van der Waals surface area contributed by atoms with E-state index in [0.29, 0.717) is 21.8 Å². The zero-order valence-electron chi connectivity index (χ0n) is 20.4. The van der Waals surface area contributed by atoms with Gasteiger partial charge in [0, 0.05) is 21.8 Å². The van der Waals surface area contributed by atoms with Gasteiger partial charge in [0.15, 0.2) is 5.78 Å². The molecule has 0 saturated heterocycles. The lowest BCUT2D eigenvalue weighted by atomic mass is 9.86. The molecule has 0 aromatic heterocycles. The first kappa shape index (κ1) is 26.4. The number of anilines is 2. The van der Waals surface area contributed by atoms with Gasteiger partial charge < -0.3 is 5.32 Å². The van der Waals surface area contributed by atoms with E-state index < -0.39 is 22.0 Å². The highest BCUT2D eigenvalue weighted by atomic mass is 35.5. The average molecular weight is 513 g/mol. The normalized spacial score (nSPS) is 12.6. The van der Waals surface area contributed by atoms with Crippen molar-refractivity contribution >= 4 is 44.7 Å². The molecule has 0 aliphatic heterocycles. The number of hydrogen-bond acceptors (Lipinski definition) is 4. The highest BCUT2D eigenvalue weighted by molar-refractivity contribution is 7.92. The molecule has 1 N–H and O–H groups in total. The fourth-order valence-corrected chi connectivity index (χ4v) is 5.05. The van der Waals surface area contributed by atoms with Crippen molar-refractivity contribution in [2.24, 2.45) is 0 Å². The number of halogens is 1.